The van der Waals surface area contributed by atoms with Gasteiger partial charge in [0.2, 0.25) is 0 Å². The lowest BCUT2D eigenvalue weighted by molar-refractivity contribution is 0.595. The average molecular weight is 176 g/mol. The molecule has 0 spiro atoms. The van der Waals surface area contributed by atoms with Gasteiger partial charge < -0.3 is 0 Å². The summed E-state index contributed by atoms with van der Waals surface area (Å²) in [5.74, 6) is 0. The predicted molar refractivity (Wildman–Crippen MR) is 39.5 cm³/mol. The summed E-state index contributed by atoms with van der Waals surface area (Å²) in [6, 6.07) is 0. The second kappa shape index (κ2) is 2.91. The molecule has 1 aliphatic heterocycles. The summed E-state index contributed by atoms with van der Waals surface area (Å²) in [6.07, 6.45) is 3.30. The van der Waals surface area contributed by atoms with Gasteiger partial charge in [0.05, 0.1) is 12.7 Å². The molecule has 10 heavy (non-hydrogen) atoms. The molecule has 0 aromatic rings. The first-order valence-corrected chi connectivity index (χ1v) is 3.24. The molecule has 0 aromatic carbocycles. The SMILES string of the molecule is N#CN1C=C(Cl)N=C(Cl)C1. The Morgan fingerprint density at radius 3 is 2.90 bits per heavy atom. The molecule has 5 heteroatoms. The number of aliphatic imine (C=N–C) groups is 1. The molecule has 1 heterocycles. The molecular formula is C5H3Cl2N3. The zero-order valence-electron chi connectivity index (χ0n) is 4.88. The third-order valence-corrected chi connectivity index (χ3v) is 1.31. The summed E-state index contributed by atoms with van der Waals surface area (Å²) in [6.45, 7) is 0.314. The molecule has 0 radical (unpaired) electrons. The van der Waals surface area contributed by atoms with Crippen LogP contribution in [0.15, 0.2) is 16.3 Å². The lowest BCUT2D eigenvalue weighted by Crippen LogP contribution is -2.20. The smallest absolute Gasteiger partial charge is 0.184 e. The lowest BCUT2D eigenvalue weighted by atomic mass is 10.5. The number of hydrogen-bond donors (Lipinski definition) is 0. The van der Waals surface area contributed by atoms with Crippen LogP contribution in [0.3, 0.4) is 0 Å². The Morgan fingerprint density at radius 1 is 1.70 bits per heavy atom. The van der Waals surface area contributed by atoms with E-state index < -0.39 is 0 Å². The van der Waals surface area contributed by atoms with Gasteiger partial charge in [-0.15, -0.1) is 0 Å². The number of hydrogen-bond acceptors (Lipinski definition) is 3. The predicted octanol–water partition coefficient (Wildman–Crippen LogP) is 1.46. The maximum absolute atomic E-state index is 8.39. The number of nitriles is 1. The Balaban J connectivity index is 2.79. The molecule has 3 nitrogen and oxygen atoms in total. The molecule has 0 aromatic heterocycles. The van der Waals surface area contributed by atoms with Crippen molar-refractivity contribution in [3.63, 3.8) is 0 Å². The van der Waals surface area contributed by atoms with Gasteiger partial charge in [0.1, 0.15) is 10.3 Å². The zero-order valence-corrected chi connectivity index (χ0v) is 6.39. The van der Waals surface area contributed by atoms with E-state index in [1.54, 1.807) is 0 Å². The van der Waals surface area contributed by atoms with E-state index in [4.69, 9.17) is 28.5 Å². The van der Waals surface area contributed by atoms with E-state index in [0.29, 0.717) is 11.7 Å². The van der Waals surface area contributed by atoms with Gasteiger partial charge in [-0.25, -0.2) is 4.99 Å². The van der Waals surface area contributed by atoms with Crippen molar-refractivity contribution in [2.24, 2.45) is 4.99 Å². The summed E-state index contributed by atoms with van der Waals surface area (Å²) in [7, 11) is 0. The van der Waals surface area contributed by atoms with Crippen molar-refractivity contribution in [2.45, 2.75) is 0 Å². The molecule has 1 aliphatic rings. The fraction of sp³-hybridized carbons (Fsp3) is 0.200. The van der Waals surface area contributed by atoms with Crippen molar-refractivity contribution >= 4 is 28.4 Å². The van der Waals surface area contributed by atoms with E-state index in [1.165, 1.54) is 11.1 Å². The summed E-state index contributed by atoms with van der Waals surface area (Å²) in [5, 5.41) is 8.95. The van der Waals surface area contributed by atoms with Crippen LogP contribution in [0.4, 0.5) is 0 Å². The third-order valence-electron chi connectivity index (χ3n) is 0.920. The Morgan fingerprint density at radius 2 is 2.40 bits per heavy atom. The minimum absolute atomic E-state index is 0.234. The third kappa shape index (κ3) is 1.63. The second-order valence-electron chi connectivity index (χ2n) is 1.67. The van der Waals surface area contributed by atoms with Gasteiger partial charge in [0, 0.05) is 0 Å². The quantitative estimate of drug-likeness (QED) is 0.414. The fourth-order valence-electron chi connectivity index (χ4n) is 0.559. The van der Waals surface area contributed by atoms with Gasteiger partial charge in [-0.3, -0.25) is 4.90 Å². The van der Waals surface area contributed by atoms with Crippen LogP contribution in [0.25, 0.3) is 0 Å². The van der Waals surface area contributed by atoms with Gasteiger partial charge in [0.15, 0.2) is 6.19 Å². The van der Waals surface area contributed by atoms with Crippen molar-refractivity contribution in [2.75, 3.05) is 6.54 Å². The maximum Gasteiger partial charge on any atom is 0.184 e. The maximum atomic E-state index is 8.39. The Hall–Kier alpha value is -0.720. The van der Waals surface area contributed by atoms with Crippen LogP contribution in [0.2, 0.25) is 0 Å². The van der Waals surface area contributed by atoms with Crippen molar-refractivity contribution in [1.29, 1.82) is 5.26 Å². The minimum Gasteiger partial charge on any atom is -0.277 e. The van der Waals surface area contributed by atoms with Crippen LogP contribution in [0.5, 0.6) is 0 Å². The molecule has 0 fully saturated rings. The van der Waals surface area contributed by atoms with E-state index in [0.717, 1.165) is 0 Å². The standard InChI is InChI=1S/C5H3Cl2N3/c6-4-1-10(3-8)2-5(7)9-4/h1H,2H2. The van der Waals surface area contributed by atoms with Gasteiger partial charge in [0.25, 0.3) is 0 Å². The van der Waals surface area contributed by atoms with Crippen molar-refractivity contribution in [3.8, 4) is 6.19 Å². The molecular weight excluding hydrogens is 173 g/mol. The van der Waals surface area contributed by atoms with E-state index in [2.05, 4.69) is 4.99 Å². The van der Waals surface area contributed by atoms with E-state index >= 15 is 0 Å². The van der Waals surface area contributed by atoms with Crippen molar-refractivity contribution in [1.82, 2.24) is 4.90 Å². The number of rotatable bonds is 0. The molecule has 0 saturated heterocycles. The molecule has 0 aliphatic carbocycles. The zero-order chi connectivity index (χ0) is 7.56. The van der Waals surface area contributed by atoms with Crippen molar-refractivity contribution < 1.29 is 0 Å². The van der Waals surface area contributed by atoms with Gasteiger partial charge in [-0.2, -0.15) is 5.26 Å². The molecule has 0 unspecified atom stereocenters. The fourth-order valence-corrected chi connectivity index (χ4v) is 1.04. The van der Waals surface area contributed by atoms with Crippen LogP contribution >= 0.6 is 23.2 Å². The van der Waals surface area contributed by atoms with Crippen LogP contribution in [0.1, 0.15) is 0 Å². The first-order chi connectivity index (χ1) is 4.72. The van der Waals surface area contributed by atoms with Gasteiger partial charge >= 0.3 is 0 Å². The van der Waals surface area contributed by atoms with Crippen LogP contribution in [-0.2, 0) is 0 Å². The van der Waals surface area contributed by atoms with E-state index in [-0.39, 0.29) is 5.16 Å². The summed E-state index contributed by atoms with van der Waals surface area (Å²) in [5.41, 5.74) is 0. The minimum atomic E-state index is 0.234. The lowest BCUT2D eigenvalue weighted by Gasteiger charge is -2.12. The normalized spacial score (nSPS) is 17.5. The van der Waals surface area contributed by atoms with Crippen LogP contribution < -0.4 is 0 Å². The Kier molecular flexibility index (Phi) is 2.15. The van der Waals surface area contributed by atoms with Crippen LogP contribution in [0, 0.1) is 11.5 Å². The monoisotopic (exact) mass is 175 g/mol. The topological polar surface area (TPSA) is 39.4 Å². The highest BCUT2D eigenvalue weighted by Crippen LogP contribution is 2.12. The van der Waals surface area contributed by atoms with E-state index in [1.807, 2.05) is 6.19 Å². The highest BCUT2D eigenvalue weighted by molar-refractivity contribution is 6.66. The van der Waals surface area contributed by atoms with E-state index in [9.17, 15) is 0 Å². The van der Waals surface area contributed by atoms with Gasteiger partial charge in [-0.05, 0) is 0 Å². The Labute approximate surface area is 68.2 Å². The van der Waals surface area contributed by atoms with Gasteiger partial charge in [-0.1, -0.05) is 23.2 Å². The molecule has 0 saturated carbocycles. The summed E-state index contributed by atoms with van der Waals surface area (Å²) < 4.78 is 0. The van der Waals surface area contributed by atoms with Crippen LogP contribution in [-0.4, -0.2) is 16.6 Å². The molecule has 1 rings (SSSR count). The molecule has 0 N–H and O–H groups in total. The Bertz CT molecular complexity index is 238. The molecule has 0 atom stereocenters. The number of nitrogens with zero attached hydrogens (tertiary/aromatic N) is 3. The first-order valence-electron chi connectivity index (χ1n) is 2.49. The molecule has 0 amide bonds. The number of halogens is 2. The largest absolute Gasteiger partial charge is 0.277 e. The molecule has 0 bridgehead atoms. The summed E-state index contributed by atoms with van der Waals surface area (Å²) >= 11 is 11.0. The highest BCUT2D eigenvalue weighted by atomic mass is 35.5. The average Bonchev–Trinajstić information content (AvgIpc) is 1.85. The summed E-state index contributed by atoms with van der Waals surface area (Å²) in [4.78, 5) is 5.00. The molecule has 52 valence electrons. The van der Waals surface area contributed by atoms with Crippen molar-refractivity contribution in [3.05, 3.63) is 11.4 Å². The highest BCUT2D eigenvalue weighted by Gasteiger charge is 2.08. The second-order valence-corrected chi connectivity index (χ2v) is 2.49. The first kappa shape index (κ1) is 7.39.